The first-order valence-electron chi connectivity index (χ1n) is 8.92. The van der Waals surface area contributed by atoms with Gasteiger partial charge in [0, 0.05) is 26.2 Å². The summed E-state index contributed by atoms with van der Waals surface area (Å²) in [6.45, 7) is 4.32. The molecule has 2 aromatic carbocycles. The van der Waals surface area contributed by atoms with Crippen LogP contribution >= 0.6 is 24.0 Å². The third-order valence-corrected chi connectivity index (χ3v) is 5.06. The molecule has 3 aromatic rings. The summed E-state index contributed by atoms with van der Waals surface area (Å²) in [4.78, 5) is 4.66. The minimum Gasteiger partial charge on any atom is -0.495 e. The van der Waals surface area contributed by atoms with Gasteiger partial charge >= 0.3 is 0 Å². The van der Waals surface area contributed by atoms with Crippen LogP contribution in [0.15, 0.2) is 52.9 Å². The van der Waals surface area contributed by atoms with Gasteiger partial charge in [-0.05, 0) is 24.3 Å². The SMILES string of the molecule is COc1ccccc1N1CCN(Cc2nnc(-c3ccccc3Cl)o2)CC1.Cl. The number of benzene rings is 2. The Kier molecular flexibility index (Phi) is 6.78. The van der Waals surface area contributed by atoms with Gasteiger partial charge in [0.25, 0.3) is 0 Å². The van der Waals surface area contributed by atoms with Crippen LogP contribution in [0.25, 0.3) is 11.5 Å². The minimum absolute atomic E-state index is 0. The Bertz CT molecular complexity index is 910. The number of piperazine rings is 1. The van der Waals surface area contributed by atoms with E-state index in [0.717, 1.165) is 43.2 Å². The van der Waals surface area contributed by atoms with E-state index in [1.807, 2.05) is 42.5 Å². The Morgan fingerprint density at radius 1 is 1.00 bits per heavy atom. The molecule has 0 spiro atoms. The summed E-state index contributed by atoms with van der Waals surface area (Å²) in [5.74, 6) is 1.98. The fourth-order valence-electron chi connectivity index (χ4n) is 3.29. The standard InChI is InChI=1S/C20H21ClN4O2.ClH/c1-26-18-9-5-4-8-17(18)25-12-10-24(11-13-25)14-19-22-23-20(27-19)15-6-2-3-7-16(15)21;/h2-9H,10-14H2,1H3;1H. The van der Waals surface area contributed by atoms with Crippen molar-refractivity contribution in [2.24, 2.45) is 0 Å². The van der Waals surface area contributed by atoms with E-state index in [0.29, 0.717) is 23.3 Å². The summed E-state index contributed by atoms with van der Waals surface area (Å²) in [7, 11) is 1.71. The average Bonchev–Trinajstić information content (AvgIpc) is 3.17. The highest BCUT2D eigenvalue weighted by Crippen LogP contribution is 2.29. The number of hydrogen-bond donors (Lipinski definition) is 0. The van der Waals surface area contributed by atoms with Crippen molar-refractivity contribution < 1.29 is 9.15 Å². The molecule has 4 rings (SSSR count). The van der Waals surface area contributed by atoms with Gasteiger partial charge in [0.2, 0.25) is 11.8 Å². The smallest absolute Gasteiger partial charge is 0.249 e. The highest BCUT2D eigenvalue weighted by atomic mass is 35.5. The largest absolute Gasteiger partial charge is 0.495 e. The van der Waals surface area contributed by atoms with Gasteiger partial charge < -0.3 is 14.1 Å². The van der Waals surface area contributed by atoms with Gasteiger partial charge in [-0.25, -0.2) is 0 Å². The molecule has 2 heterocycles. The van der Waals surface area contributed by atoms with Crippen LogP contribution in [0.1, 0.15) is 5.89 Å². The predicted molar refractivity (Wildman–Crippen MR) is 112 cm³/mol. The maximum atomic E-state index is 6.20. The molecule has 1 fully saturated rings. The Balaban J connectivity index is 0.00000225. The van der Waals surface area contributed by atoms with Crippen molar-refractivity contribution in [2.45, 2.75) is 6.54 Å². The molecule has 0 radical (unpaired) electrons. The van der Waals surface area contributed by atoms with Gasteiger partial charge in [-0.1, -0.05) is 35.9 Å². The summed E-state index contributed by atoms with van der Waals surface area (Å²) in [5, 5.41) is 8.93. The number of nitrogens with zero attached hydrogens (tertiary/aromatic N) is 4. The summed E-state index contributed by atoms with van der Waals surface area (Å²) in [5.41, 5.74) is 1.90. The van der Waals surface area contributed by atoms with Crippen LogP contribution in [0.2, 0.25) is 5.02 Å². The molecule has 1 aliphatic rings. The molecule has 1 saturated heterocycles. The molecule has 0 saturated carbocycles. The molecule has 8 heteroatoms. The molecular formula is C20H22Cl2N4O2. The van der Waals surface area contributed by atoms with Crippen LogP contribution in [0.4, 0.5) is 5.69 Å². The van der Waals surface area contributed by atoms with Crippen molar-refractivity contribution in [3.8, 4) is 17.2 Å². The monoisotopic (exact) mass is 420 g/mol. The zero-order valence-corrected chi connectivity index (χ0v) is 17.1. The normalized spacial score (nSPS) is 14.6. The Morgan fingerprint density at radius 2 is 1.71 bits per heavy atom. The van der Waals surface area contributed by atoms with Crippen LogP contribution in [-0.4, -0.2) is 48.4 Å². The van der Waals surface area contributed by atoms with Crippen molar-refractivity contribution in [1.29, 1.82) is 0 Å². The van der Waals surface area contributed by atoms with Gasteiger partial charge in [-0.3, -0.25) is 4.90 Å². The lowest BCUT2D eigenvalue weighted by Gasteiger charge is -2.35. The molecule has 1 aliphatic heterocycles. The maximum Gasteiger partial charge on any atom is 0.249 e. The van der Waals surface area contributed by atoms with E-state index >= 15 is 0 Å². The van der Waals surface area contributed by atoms with E-state index in [9.17, 15) is 0 Å². The minimum atomic E-state index is 0. The van der Waals surface area contributed by atoms with E-state index < -0.39 is 0 Å². The second-order valence-corrected chi connectivity index (χ2v) is 6.82. The van der Waals surface area contributed by atoms with Gasteiger partial charge in [0.15, 0.2) is 0 Å². The molecule has 28 heavy (non-hydrogen) atoms. The van der Waals surface area contributed by atoms with Crippen molar-refractivity contribution in [2.75, 3.05) is 38.2 Å². The number of ether oxygens (including phenoxy) is 1. The summed E-state index contributed by atoms with van der Waals surface area (Å²) < 4.78 is 11.3. The Labute approximate surface area is 175 Å². The lowest BCUT2D eigenvalue weighted by Crippen LogP contribution is -2.46. The van der Waals surface area contributed by atoms with E-state index in [1.54, 1.807) is 7.11 Å². The van der Waals surface area contributed by atoms with Crippen LogP contribution in [-0.2, 0) is 6.54 Å². The zero-order valence-electron chi connectivity index (χ0n) is 15.5. The number of halogens is 2. The van der Waals surface area contributed by atoms with Crippen LogP contribution in [0, 0.1) is 0 Å². The molecule has 6 nitrogen and oxygen atoms in total. The van der Waals surface area contributed by atoms with Gasteiger partial charge in [0.05, 0.1) is 29.9 Å². The van der Waals surface area contributed by atoms with Crippen molar-refractivity contribution in [1.82, 2.24) is 15.1 Å². The van der Waals surface area contributed by atoms with E-state index in [4.69, 9.17) is 20.8 Å². The molecule has 0 atom stereocenters. The quantitative estimate of drug-likeness (QED) is 0.617. The lowest BCUT2D eigenvalue weighted by atomic mass is 10.2. The highest BCUT2D eigenvalue weighted by Gasteiger charge is 2.21. The van der Waals surface area contributed by atoms with Crippen LogP contribution < -0.4 is 9.64 Å². The van der Waals surface area contributed by atoms with Crippen LogP contribution in [0.5, 0.6) is 5.75 Å². The third-order valence-electron chi connectivity index (χ3n) is 4.73. The van der Waals surface area contributed by atoms with E-state index in [2.05, 4.69) is 26.1 Å². The van der Waals surface area contributed by atoms with E-state index in [1.165, 1.54) is 0 Å². The maximum absolute atomic E-state index is 6.20. The first-order valence-corrected chi connectivity index (χ1v) is 9.30. The van der Waals surface area contributed by atoms with Gasteiger partial charge in [-0.2, -0.15) is 0 Å². The summed E-state index contributed by atoms with van der Waals surface area (Å²) >= 11 is 6.20. The fraction of sp³-hybridized carbons (Fsp3) is 0.300. The molecule has 0 amide bonds. The first kappa shape index (κ1) is 20.5. The molecular weight excluding hydrogens is 399 g/mol. The van der Waals surface area contributed by atoms with Crippen molar-refractivity contribution in [3.63, 3.8) is 0 Å². The first-order chi connectivity index (χ1) is 13.2. The Morgan fingerprint density at radius 3 is 2.46 bits per heavy atom. The lowest BCUT2D eigenvalue weighted by molar-refractivity contribution is 0.226. The second-order valence-electron chi connectivity index (χ2n) is 6.42. The van der Waals surface area contributed by atoms with Gasteiger partial charge in [-0.15, -0.1) is 22.6 Å². The number of aromatic nitrogens is 2. The number of para-hydroxylation sites is 2. The predicted octanol–water partition coefficient (Wildman–Crippen LogP) is 4.14. The molecule has 0 bridgehead atoms. The topological polar surface area (TPSA) is 54.6 Å². The highest BCUT2D eigenvalue weighted by molar-refractivity contribution is 6.33. The second kappa shape index (κ2) is 9.28. The zero-order chi connectivity index (χ0) is 18.6. The number of hydrogen-bond acceptors (Lipinski definition) is 6. The summed E-state index contributed by atoms with van der Waals surface area (Å²) in [6, 6.07) is 15.6. The number of anilines is 1. The molecule has 148 valence electrons. The molecule has 0 unspecified atom stereocenters. The van der Waals surface area contributed by atoms with Crippen molar-refractivity contribution >= 4 is 29.7 Å². The van der Waals surface area contributed by atoms with E-state index in [-0.39, 0.29) is 12.4 Å². The fourth-order valence-corrected chi connectivity index (χ4v) is 3.51. The summed E-state index contributed by atoms with van der Waals surface area (Å²) in [6.07, 6.45) is 0. The average molecular weight is 421 g/mol. The van der Waals surface area contributed by atoms with Gasteiger partial charge in [0.1, 0.15) is 5.75 Å². The number of methoxy groups -OCH3 is 1. The molecule has 1 aromatic heterocycles. The number of rotatable bonds is 5. The van der Waals surface area contributed by atoms with Crippen molar-refractivity contribution in [3.05, 3.63) is 59.4 Å². The third kappa shape index (κ3) is 4.41. The Hall–Kier alpha value is -2.28. The molecule has 0 N–H and O–H groups in total. The van der Waals surface area contributed by atoms with Crippen LogP contribution in [0.3, 0.4) is 0 Å². The molecule has 0 aliphatic carbocycles.